The molecule has 0 aliphatic rings. The molecule has 0 N–H and O–H groups in total. The van der Waals surface area contributed by atoms with Gasteiger partial charge in [0.2, 0.25) is 5.89 Å². The summed E-state index contributed by atoms with van der Waals surface area (Å²) in [5.41, 5.74) is 9.00. The van der Waals surface area contributed by atoms with Crippen LogP contribution in [-0.2, 0) is 0 Å². The molecule has 6 nitrogen and oxygen atoms in total. The van der Waals surface area contributed by atoms with Gasteiger partial charge in [0, 0.05) is 43.8 Å². The van der Waals surface area contributed by atoms with Gasteiger partial charge in [0.25, 0.3) is 0 Å². The van der Waals surface area contributed by atoms with Crippen molar-refractivity contribution < 1.29 is 8.83 Å². The van der Waals surface area contributed by atoms with Crippen LogP contribution in [0.4, 0.5) is 0 Å². The van der Waals surface area contributed by atoms with Crippen LogP contribution < -0.4 is 0 Å². The monoisotopic (exact) mass is 666 g/mol. The van der Waals surface area contributed by atoms with Gasteiger partial charge in [-0.2, -0.15) is 0 Å². The predicted molar refractivity (Wildman–Crippen MR) is 208 cm³/mol. The minimum absolute atomic E-state index is 0.600. The summed E-state index contributed by atoms with van der Waals surface area (Å²) in [6.45, 7) is 0. The zero-order valence-corrected chi connectivity index (χ0v) is 27.6. The Hall–Kier alpha value is -7.18. The van der Waals surface area contributed by atoms with Crippen molar-refractivity contribution in [3.63, 3.8) is 0 Å². The summed E-state index contributed by atoms with van der Waals surface area (Å²) in [6, 6.07) is 53.5. The number of rotatable bonds is 5. The lowest BCUT2D eigenvalue weighted by Crippen LogP contribution is -2.00. The van der Waals surface area contributed by atoms with Crippen LogP contribution in [0.25, 0.3) is 111 Å². The van der Waals surface area contributed by atoms with E-state index >= 15 is 0 Å². The van der Waals surface area contributed by atoms with E-state index in [2.05, 4.69) is 72.8 Å². The molecule has 242 valence electrons. The molecule has 11 rings (SSSR count). The maximum absolute atomic E-state index is 6.48. The maximum atomic E-state index is 6.48. The molecule has 0 amide bonds. The molecular formula is C46H26N4O2. The highest BCUT2D eigenvalue weighted by molar-refractivity contribution is 6.31. The smallest absolute Gasteiger partial charge is 0.227 e. The summed E-state index contributed by atoms with van der Waals surface area (Å²) in [6.07, 6.45) is 0. The lowest BCUT2D eigenvalue weighted by Gasteiger charge is -2.10. The minimum atomic E-state index is 0.600. The lowest BCUT2D eigenvalue weighted by atomic mass is 9.96. The third kappa shape index (κ3) is 4.51. The van der Waals surface area contributed by atoms with Crippen LogP contribution >= 0.6 is 0 Å². The maximum Gasteiger partial charge on any atom is 0.227 e. The van der Waals surface area contributed by atoms with Gasteiger partial charge in [-0.1, -0.05) is 121 Å². The number of oxazole rings is 1. The Kier molecular flexibility index (Phi) is 6.15. The van der Waals surface area contributed by atoms with Crippen molar-refractivity contribution in [1.82, 2.24) is 19.9 Å². The van der Waals surface area contributed by atoms with Crippen LogP contribution in [0.3, 0.4) is 0 Å². The van der Waals surface area contributed by atoms with Gasteiger partial charge in [-0.25, -0.2) is 19.9 Å². The number of furan rings is 1. The molecule has 0 spiro atoms. The van der Waals surface area contributed by atoms with Gasteiger partial charge >= 0.3 is 0 Å². The van der Waals surface area contributed by atoms with Crippen LogP contribution in [0, 0.1) is 0 Å². The number of aromatic nitrogens is 4. The molecule has 0 aliphatic carbocycles. The predicted octanol–water partition coefficient (Wildman–Crippen LogP) is 12.0. The summed E-state index contributed by atoms with van der Waals surface area (Å²) < 4.78 is 12.9. The normalized spacial score (nSPS) is 11.8. The second-order valence-electron chi connectivity index (χ2n) is 13.1. The molecule has 11 aromatic rings. The third-order valence-electron chi connectivity index (χ3n) is 9.90. The molecule has 0 radical (unpaired) electrons. The van der Waals surface area contributed by atoms with E-state index in [4.69, 9.17) is 28.8 Å². The average Bonchev–Trinajstić information content (AvgIpc) is 3.84. The van der Waals surface area contributed by atoms with Crippen LogP contribution in [0.1, 0.15) is 0 Å². The summed E-state index contributed by atoms with van der Waals surface area (Å²) in [4.78, 5) is 20.0. The molecule has 6 heteroatoms. The Balaban J connectivity index is 1.05. The first kappa shape index (κ1) is 28.6. The fourth-order valence-corrected chi connectivity index (χ4v) is 7.37. The molecular weight excluding hydrogens is 641 g/mol. The summed E-state index contributed by atoms with van der Waals surface area (Å²) in [5.74, 6) is 2.47. The molecule has 0 unspecified atom stereocenters. The number of hydrogen-bond acceptors (Lipinski definition) is 6. The van der Waals surface area contributed by atoms with Crippen molar-refractivity contribution >= 4 is 54.6 Å². The first-order chi connectivity index (χ1) is 25.7. The van der Waals surface area contributed by atoms with Gasteiger partial charge < -0.3 is 8.83 Å². The second kappa shape index (κ2) is 11.2. The molecule has 3 aromatic heterocycles. The molecule has 0 fully saturated rings. The number of fused-ring (bicyclic) bond motifs is 4. The minimum Gasteiger partial charge on any atom is -0.456 e. The average molecular weight is 667 g/mol. The van der Waals surface area contributed by atoms with E-state index in [0.29, 0.717) is 23.4 Å². The van der Waals surface area contributed by atoms with Crippen molar-refractivity contribution in [2.45, 2.75) is 0 Å². The molecule has 0 saturated heterocycles. The van der Waals surface area contributed by atoms with Gasteiger partial charge in [-0.15, -0.1) is 0 Å². The molecule has 0 saturated carbocycles. The molecule has 3 heterocycles. The highest BCUT2D eigenvalue weighted by Crippen LogP contribution is 2.45. The van der Waals surface area contributed by atoms with E-state index in [-0.39, 0.29) is 0 Å². The van der Waals surface area contributed by atoms with Gasteiger partial charge in [-0.3, -0.25) is 0 Å². The Morgan fingerprint density at radius 1 is 0.346 bits per heavy atom. The van der Waals surface area contributed by atoms with Crippen molar-refractivity contribution in [2.24, 2.45) is 0 Å². The van der Waals surface area contributed by atoms with E-state index in [1.165, 1.54) is 5.39 Å². The summed E-state index contributed by atoms with van der Waals surface area (Å²) in [7, 11) is 0. The molecule has 8 aromatic carbocycles. The van der Waals surface area contributed by atoms with Crippen LogP contribution in [-0.4, -0.2) is 19.9 Å². The van der Waals surface area contributed by atoms with Crippen molar-refractivity contribution in [1.29, 1.82) is 0 Å². The lowest BCUT2D eigenvalue weighted by molar-refractivity contribution is 0.623. The Morgan fingerprint density at radius 2 is 0.962 bits per heavy atom. The van der Waals surface area contributed by atoms with Crippen LogP contribution in [0.2, 0.25) is 0 Å². The van der Waals surface area contributed by atoms with Gasteiger partial charge in [0.1, 0.15) is 16.7 Å². The van der Waals surface area contributed by atoms with Crippen molar-refractivity contribution in [3.05, 3.63) is 158 Å². The first-order valence-corrected chi connectivity index (χ1v) is 17.2. The van der Waals surface area contributed by atoms with Crippen LogP contribution in [0.15, 0.2) is 167 Å². The summed E-state index contributed by atoms with van der Waals surface area (Å²) in [5, 5.41) is 6.43. The highest BCUT2D eigenvalue weighted by Gasteiger charge is 2.23. The molecule has 0 bridgehead atoms. The van der Waals surface area contributed by atoms with Gasteiger partial charge in [-0.05, 0) is 58.3 Å². The van der Waals surface area contributed by atoms with Crippen LogP contribution in [0.5, 0.6) is 0 Å². The standard InChI is InChI=1S/C46H26N4O2/c1-3-11-29(12-4-1)43-48-44(50-45(49-43)33-23-20-27-10-7-8-15-32(27)24-33)30-21-18-28(19-22-30)34-25-36-40-38(26-34)51-37-17-9-16-35(39(37)40)42-41(36)47-46(52-42)31-13-5-2-6-14-31/h1-26H. The number of hydrogen-bond donors (Lipinski definition) is 0. The zero-order chi connectivity index (χ0) is 34.2. The largest absolute Gasteiger partial charge is 0.456 e. The van der Waals surface area contributed by atoms with E-state index in [1.807, 2.05) is 84.9 Å². The van der Waals surface area contributed by atoms with Gasteiger partial charge in [0.15, 0.2) is 23.1 Å². The van der Waals surface area contributed by atoms with E-state index in [0.717, 1.165) is 82.6 Å². The Bertz CT molecular complexity index is 3110. The quantitative estimate of drug-likeness (QED) is 0.170. The second-order valence-corrected chi connectivity index (χ2v) is 13.1. The fraction of sp³-hybridized carbons (Fsp3) is 0. The third-order valence-corrected chi connectivity index (χ3v) is 9.90. The number of benzene rings is 8. The zero-order valence-electron chi connectivity index (χ0n) is 27.6. The van der Waals surface area contributed by atoms with Gasteiger partial charge in [0.05, 0.1) is 0 Å². The Morgan fingerprint density at radius 3 is 1.73 bits per heavy atom. The first-order valence-electron chi connectivity index (χ1n) is 17.2. The fourth-order valence-electron chi connectivity index (χ4n) is 7.37. The molecule has 52 heavy (non-hydrogen) atoms. The van der Waals surface area contributed by atoms with E-state index in [1.54, 1.807) is 0 Å². The van der Waals surface area contributed by atoms with E-state index in [9.17, 15) is 0 Å². The molecule has 0 aliphatic heterocycles. The van der Waals surface area contributed by atoms with E-state index < -0.39 is 0 Å². The van der Waals surface area contributed by atoms with Crippen molar-refractivity contribution in [3.8, 4) is 56.7 Å². The topological polar surface area (TPSA) is 77.8 Å². The SMILES string of the molecule is c1ccc(-c2nc(-c3ccc(-c4cc5oc6cccc7c8oc(-c9ccccc9)nc8c(c4)c5c67)cc3)nc(-c3ccc4ccccc4c3)n2)cc1. The van der Waals surface area contributed by atoms with Crippen molar-refractivity contribution in [2.75, 3.05) is 0 Å². The summed E-state index contributed by atoms with van der Waals surface area (Å²) >= 11 is 0. The molecule has 0 atom stereocenters. The number of nitrogens with zero attached hydrogens (tertiary/aromatic N) is 4. The highest BCUT2D eigenvalue weighted by atomic mass is 16.3. The Labute approximate surface area is 297 Å².